The number of hydrogen-bond acceptors (Lipinski definition) is 9. The molecule has 0 aliphatic carbocycles. The number of carbonyl (C=O) groups is 1. The molecular weight excluding hydrogens is 509 g/mol. The van der Waals surface area contributed by atoms with Crippen LogP contribution in [0.25, 0.3) is 28.8 Å². The highest BCUT2D eigenvalue weighted by Gasteiger charge is 2.40. The Kier molecular flexibility index (Phi) is 7.53. The van der Waals surface area contributed by atoms with Gasteiger partial charge in [0.2, 0.25) is 0 Å². The van der Waals surface area contributed by atoms with Gasteiger partial charge in [-0.2, -0.15) is 5.10 Å². The van der Waals surface area contributed by atoms with Gasteiger partial charge in [-0.15, -0.1) is 0 Å². The Morgan fingerprint density at radius 2 is 1.95 bits per heavy atom. The lowest BCUT2D eigenvalue weighted by Crippen LogP contribution is -2.26. The monoisotopic (exact) mass is 537 g/mol. The van der Waals surface area contributed by atoms with Crippen molar-refractivity contribution >= 4 is 42.3 Å². The number of aromatic nitrogens is 5. The fraction of sp³-hybridized carbons (Fsp3) is 0.308. The van der Waals surface area contributed by atoms with Crippen LogP contribution in [0.3, 0.4) is 0 Å². The van der Waals surface area contributed by atoms with Crippen molar-refractivity contribution in [3.8, 4) is 0 Å². The molecule has 1 aromatic carbocycles. The summed E-state index contributed by atoms with van der Waals surface area (Å²) in [6.07, 6.45) is 1.23. The molecule has 1 saturated heterocycles. The molecule has 1 aliphatic heterocycles. The molecule has 1 N–H and O–H groups in total. The summed E-state index contributed by atoms with van der Waals surface area (Å²) in [5.74, 6) is 0.904. The summed E-state index contributed by atoms with van der Waals surface area (Å²) in [5.41, 5.74) is 2.10. The first kappa shape index (κ1) is 26.0. The highest BCUT2D eigenvalue weighted by Crippen LogP contribution is 2.50. The minimum Gasteiger partial charge on any atom is -0.454 e. The van der Waals surface area contributed by atoms with Gasteiger partial charge in [0.25, 0.3) is 0 Å². The first-order valence-electron chi connectivity index (χ1n) is 12.3. The van der Waals surface area contributed by atoms with Gasteiger partial charge in [-0.25, -0.2) is 19.4 Å². The molecule has 0 spiro atoms. The van der Waals surface area contributed by atoms with Crippen LogP contribution in [-0.2, 0) is 23.1 Å². The second kappa shape index (κ2) is 11.0. The Bertz CT molecular complexity index is 1570. The van der Waals surface area contributed by atoms with Crippen molar-refractivity contribution in [3.05, 3.63) is 71.6 Å². The van der Waals surface area contributed by atoms with Crippen molar-refractivity contribution in [2.75, 3.05) is 13.2 Å². The zero-order valence-electron chi connectivity index (χ0n) is 21.0. The highest BCUT2D eigenvalue weighted by molar-refractivity contribution is 7.57. The van der Waals surface area contributed by atoms with Crippen LogP contribution < -0.4 is 5.35 Å². The lowest BCUT2D eigenvalue weighted by Gasteiger charge is -2.19. The van der Waals surface area contributed by atoms with Crippen LogP contribution in [0.15, 0.2) is 60.7 Å². The number of nitrogens with zero attached hydrogens (tertiary/aromatic N) is 4. The SMILES string of the molecule is C=c1ccc2nn([C@@H]3O[C@H](/C=C/P(=O)(OCC)OCC)C[C@H]3OC(=O)c3ccccc3)c3ncnc([nH]1)c23. The first-order valence-corrected chi connectivity index (χ1v) is 13.9. The van der Waals surface area contributed by atoms with E-state index in [-0.39, 0.29) is 19.6 Å². The van der Waals surface area contributed by atoms with E-state index in [9.17, 15) is 9.36 Å². The van der Waals surface area contributed by atoms with Gasteiger partial charge in [0, 0.05) is 17.6 Å². The summed E-state index contributed by atoms with van der Waals surface area (Å²) in [7, 11) is -3.44. The van der Waals surface area contributed by atoms with Gasteiger partial charge in [-0.1, -0.05) is 24.8 Å². The van der Waals surface area contributed by atoms with E-state index in [0.29, 0.717) is 33.1 Å². The normalized spacial score (nSPS) is 20.0. The Hall–Kier alpha value is -3.63. The lowest BCUT2D eigenvalue weighted by molar-refractivity contribution is -0.0435. The van der Waals surface area contributed by atoms with Crippen LogP contribution in [0, 0.1) is 0 Å². The summed E-state index contributed by atoms with van der Waals surface area (Å²) in [6, 6.07) is 12.3. The molecule has 11 nitrogen and oxygen atoms in total. The van der Waals surface area contributed by atoms with E-state index in [4.69, 9.17) is 23.6 Å². The predicted octanol–water partition coefficient (Wildman–Crippen LogP) is 4.29. The number of ether oxygens (including phenoxy) is 2. The topological polar surface area (TPSA) is 130 Å². The maximum atomic E-state index is 13.0. The van der Waals surface area contributed by atoms with Gasteiger partial charge in [0.1, 0.15) is 12.0 Å². The molecule has 4 aromatic rings. The Labute approximate surface area is 218 Å². The number of esters is 1. The summed E-state index contributed by atoms with van der Waals surface area (Å²) in [4.78, 5) is 24.9. The molecule has 198 valence electrons. The van der Waals surface area contributed by atoms with Crippen LogP contribution in [-0.4, -0.2) is 56.1 Å². The fourth-order valence-electron chi connectivity index (χ4n) is 4.34. The third kappa shape index (κ3) is 5.32. The summed E-state index contributed by atoms with van der Waals surface area (Å²) in [5, 5.41) is 6.09. The standard InChI is InChI=1S/C26H28N5O6P/c1-4-34-38(33,35-5-2)14-13-19-15-21(37-26(32)18-9-7-6-8-10-18)25(36-19)31-24-22-20(30-31)12-11-17(3)29-23(22)27-16-28-24/h6-14,16,19,21,25H,3-5,15H2,1-2H3,(H,27,28,29)/b14-13+/t19-,21-,25-/m1/s1. The zero-order valence-corrected chi connectivity index (χ0v) is 21.9. The summed E-state index contributed by atoms with van der Waals surface area (Å²) >= 11 is 0. The van der Waals surface area contributed by atoms with E-state index >= 15 is 0 Å². The molecule has 5 rings (SSSR count). The van der Waals surface area contributed by atoms with Gasteiger partial charge in [-0.05, 0) is 44.2 Å². The smallest absolute Gasteiger partial charge is 0.353 e. The second-order valence-corrected chi connectivity index (χ2v) is 10.5. The Balaban J connectivity index is 1.52. The summed E-state index contributed by atoms with van der Waals surface area (Å²) < 4.78 is 37.5. The van der Waals surface area contributed by atoms with E-state index in [1.54, 1.807) is 54.9 Å². The number of H-pyrrole nitrogens is 1. The second-order valence-electron chi connectivity index (χ2n) is 8.56. The van der Waals surface area contributed by atoms with Gasteiger partial charge < -0.3 is 23.5 Å². The number of nitrogens with one attached hydrogen (secondary N) is 1. The van der Waals surface area contributed by atoms with Gasteiger partial charge in [0.15, 0.2) is 18.0 Å². The third-order valence-electron chi connectivity index (χ3n) is 5.94. The highest BCUT2D eigenvalue weighted by atomic mass is 31.2. The van der Waals surface area contributed by atoms with E-state index < -0.39 is 32.0 Å². The van der Waals surface area contributed by atoms with E-state index in [1.807, 2.05) is 12.1 Å². The lowest BCUT2D eigenvalue weighted by atomic mass is 10.2. The minimum atomic E-state index is -3.44. The quantitative estimate of drug-likeness (QED) is 0.245. The summed E-state index contributed by atoms with van der Waals surface area (Å²) in [6.45, 7) is 7.88. The van der Waals surface area contributed by atoms with Crippen LogP contribution >= 0.6 is 7.60 Å². The van der Waals surface area contributed by atoms with E-state index in [0.717, 1.165) is 0 Å². The molecule has 3 atom stereocenters. The van der Waals surface area contributed by atoms with E-state index in [1.165, 1.54) is 12.1 Å². The molecule has 1 fully saturated rings. The minimum absolute atomic E-state index is 0.227. The molecule has 0 radical (unpaired) electrons. The van der Waals surface area contributed by atoms with Crippen molar-refractivity contribution < 1.29 is 27.9 Å². The maximum absolute atomic E-state index is 13.0. The van der Waals surface area contributed by atoms with Crippen LogP contribution in [0.1, 0.15) is 36.9 Å². The van der Waals surface area contributed by atoms with Crippen LogP contribution in [0.4, 0.5) is 0 Å². The van der Waals surface area contributed by atoms with Crippen LogP contribution in [0.5, 0.6) is 0 Å². The largest absolute Gasteiger partial charge is 0.454 e. The Morgan fingerprint density at radius 3 is 2.68 bits per heavy atom. The van der Waals surface area contributed by atoms with Crippen molar-refractivity contribution in [1.29, 1.82) is 0 Å². The number of rotatable bonds is 9. The molecule has 0 saturated carbocycles. The molecule has 0 bridgehead atoms. The Morgan fingerprint density at radius 1 is 1.18 bits per heavy atom. The van der Waals surface area contributed by atoms with Crippen LogP contribution in [0.2, 0.25) is 0 Å². The predicted molar refractivity (Wildman–Crippen MR) is 141 cm³/mol. The fourth-order valence-corrected chi connectivity index (χ4v) is 5.71. The van der Waals surface area contributed by atoms with Gasteiger partial charge in [-0.3, -0.25) is 4.57 Å². The number of benzene rings is 1. The molecule has 38 heavy (non-hydrogen) atoms. The average Bonchev–Trinajstić information content (AvgIpc) is 3.43. The average molecular weight is 538 g/mol. The van der Waals surface area contributed by atoms with Crippen molar-refractivity contribution in [2.45, 2.75) is 38.7 Å². The number of hydrogen-bond donors (Lipinski definition) is 1. The van der Waals surface area contributed by atoms with Crippen molar-refractivity contribution in [1.82, 2.24) is 24.7 Å². The maximum Gasteiger partial charge on any atom is 0.353 e. The third-order valence-corrected chi connectivity index (χ3v) is 7.72. The first-order chi connectivity index (χ1) is 18.4. The van der Waals surface area contributed by atoms with Crippen molar-refractivity contribution in [3.63, 3.8) is 0 Å². The molecule has 0 amide bonds. The van der Waals surface area contributed by atoms with Gasteiger partial charge >= 0.3 is 13.6 Å². The molecule has 1 aliphatic rings. The van der Waals surface area contributed by atoms with Gasteiger partial charge in [0.05, 0.1) is 35.8 Å². The number of aromatic amines is 1. The zero-order chi connectivity index (χ0) is 26.7. The molecular formula is C26H28N5O6P. The molecule has 4 heterocycles. The molecule has 12 heteroatoms. The number of carbonyl (C=O) groups excluding carboxylic acids is 1. The van der Waals surface area contributed by atoms with Crippen molar-refractivity contribution in [2.24, 2.45) is 0 Å². The van der Waals surface area contributed by atoms with E-state index in [2.05, 4.69) is 21.5 Å². The molecule has 0 unspecified atom stereocenters. The molecule has 3 aromatic heterocycles.